The smallest absolute Gasteiger partial charge is 0.210 e. The predicted octanol–water partition coefficient (Wildman–Crippen LogP) is 2.79. The van der Waals surface area contributed by atoms with E-state index in [0.29, 0.717) is 24.5 Å². The molecule has 0 aliphatic heterocycles. The van der Waals surface area contributed by atoms with E-state index in [1.165, 1.54) is 0 Å². The largest absolute Gasteiger partial charge is 0.497 e. The van der Waals surface area contributed by atoms with Gasteiger partial charge < -0.3 is 19.5 Å². The van der Waals surface area contributed by atoms with E-state index in [2.05, 4.69) is 0 Å². The molecule has 24 heavy (non-hydrogen) atoms. The summed E-state index contributed by atoms with van der Waals surface area (Å²) in [5, 5.41) is 10.4. The van der Waals surface area contributed by atoms with Gasteiger partial charge in [0.1, 0.15) is 11.5 Å². The molecule has 1 N–H and O–H groups in total. The number of carbonyl (C=O) groups is 1. The number of ether oxygens (including phenoxy) is 2. The summed E-state index contributed by atoms with van der Waals surface area (Å²) in [6.45, 7) is 3.19. The van der Waals surface area contributed by atoms with Gasteiger partial charge in [-0.1, -0.05) is 24.3 Å². The molecule has 2 aromatic carbocycles. The molecule has 5 nitrogen and oxygen atoms in total. The molecule has 0 aliphatic carbocycles. The van der Waals surface area contributed by atoms with Crippen molar-refractivity contribution in [2.45, 2.75) is 19.6 Å². The van der Waals surface area contributed by atoms with Crippen LogP contribution in [0.2, 0.25) is 0 Å². The van der Waals surface area contributed by atoms with Crippen LogP contribution in [-0.2, 0) is 11.3 Å². The molecule has 0 saturated carbocycles. The maximum Gasteiger partial charge on any atom is 0.210 e. The van der Waals surface area contributed by atoms with E-state index in [4.69, 9.17) is 9.47 Å². The number of hydrogen-bond donors (Lipinski definition) is 1. The van der Waals surface area contributed by atoms with Crippen molar-refractivity contribution in [2.75, 3.05) is 20.3 Å². The number of benzene rings is 2. The molecule has 0 spiro atoms. The first-order valence-electron chi connectivity index (χ1n) is 7.89. The van der Waals surface area contributed by atoms with Crippen LogP contribution in [-0.4, -0.2) is 36.7 Å². The highest BCUT2D eigenvalue weighted by Crippen LogP contribution is 2.20. The van der Waals surface area contributed by atoms with Crippen LogP contribution in [0, 0.1) is 0 Å². The van der Waals surface area contributed by atoms with E-state index in [1.807, 2.05) is 49.4 Å². The van der Waals surface area contributed by atoms with Crippen molar-refractivity contribution in [2.24, 2.45) is 0 Å². The van der Waals surface area contributed by atoms with Crippen molar-refractivity contribution >= 4 is 6.41 Å². The Bertz CT molecular complexity index is 642. The Labute approximate surface area is 142 Å². The SMILES string of the molecule is CCOc1ccc(CN(C=O)CC(O)c2cccc(OC)c2)cc1. The lowest BCUT2D eigenvalue weighted by molar-refractivity contribution is -0.120. The summed E-state index contributed by atoms with van der Waals surface area (Å²) in [7, 11) is 1.58. The molecule has 0 radical (unpaired) electrons. The molecule has 0 aliphatic rings. The summed E-state index contributed by atoms with van der Waals surface area (Å²) in [5.74, 6) is 1.48. The second kappa shape index (κ2) is 8.93. The van der Waals surface area contributed by atoms with E-state index in [0.717, 1.165) is 17.7 Å². The number of methoxy groups -OCH3 is 1. The molecule has 0 heterocycles. The molecule has 2 aromatic rings. The Hall–Kier alpha value is -2.53. The van der Waals surface area contributed by atoms with E-state index in [9.17, 15) is 9.90 Å². The average molecular weight is 329 g/mol. The minimum Gasteiger partial charge on any atom is -0.497 e. The van der Waals surface area contributed by atoms with Crippen molar-refractivity contribution in [1.82, 2.24) is 4.90 Å². The molecule has 5 heteroatoms. The summed E-state index contributed by atoms with van der Waals surface area (Å²) in [6, 6.07) is 14.8. The van der Waals surface area contributed by atoms with E-state index >= 15 is 0 Å². The molecule has 0 bridgehead atoms. The van der Waals surface area contributed by atoms with Crippen LogP contribution in [0.4, 0.5) is 0 Å². The van der Waals surface area contributed by atoms with E-state index < -0.39 is 6.10 Å². The van der Waals surface area contributed by atoms with Crippen LogP contribution < -0.4 is 9.47 Å². The lowest BCUT2D eigenvalue weighted by Crippen LogP contribution is -2.27. The molecule has 1 amide bonds. The van der Waals surface area contributed by atoms with Crippen LogP contribution in [0.1, 0.15) is 24.2 Å². The Balaban J connectivity index is 1.99. The van der Waals surface area contributed by atoms with Crippen LogP contribution in [0.3, 0.4) is 0 Å². The van der Waals surface area contributed by atoms with Gasteiger partial charge in [-0.2, -0.15) is 0 Å². The number of aliphatic hydroxyl groups excluding tert-OH is 1. The normalized spacial score (nSPS) is 11.6. The zero-order chi connectivity index (χ0) is 17.4. The number of nitrogens with zero attached hydrogens (tertiary/aromatic N) is 1. The van der Waals surface area contributed by atoms with Gasteiger partial charge >= 0.3 is 0 Å². The Morgan fingerprint density at radius 2 is 1.92 bits per heavy atom. The topological polar surface area (TPSA) is 59.0 Å². The zero-order valence-corrected chi connectivity index (χ0v) is 14.0. The highest BCUT2D eigenvalue weighted by Gasteiger charge is 2.13. The standard InChI is InChI=1S/C19H23NO4/c1-3-24-17-9-7-15(8-10-17)12-20(14-21)13-19(22)16-5-4-6-18(11-16)23-2/h4-11,14,19,22H,3,12-13H2,1-2H3. The second-order valence-electron chi connectivity index (χ2n) is 5.40. The van der Waals surface area contributed by atoms with Crippen LogP contribution in [0.15, 0.2) is 48.5 Å². The summed E-state index contributed by atoms with van der Waals surface area (Å²) in [6.07, 6.45) is -0.0205. The fourth-order valence-corrected chi connectivity index (χ4v) is 2.41. The average Bonchev–Trinajstić information content (AvgIpc) is 2.63. The Kier molecular flexibility index (Phi) is 6.63. The van der Waals surface area contributed by atoms with Crippen molar-refractivity contribution < 1.29 is 19.4 Å². The summed E-state index contributed by atoms with van der Waals surface area (Å²) in [4.78, 5) is 12.9. The highest BCUT2D eigenvalue weighted by molar-refractivity contribution is 5.48. The van der Waals surface area contributed by atoms with Crippen LogP contribution in [0.5, 0.6) is 11.5 Å². The van der Waals surface area contributed by atoms with E-state index in [-0.39, 0.29) is 6.54 Å². The predicted molar refractivity (Wildman–Crippen MR) is 92.0 cm³/mol. The number of rotatable bonds is 9. The van der Waals surface area contributed by atoms with Gasteiger partial charge in [0.2, 0.25) is 6.41 Å². The molecule has 1 unspecified atom stereocenters. The van der Waals surface area contributed by atoms with Gasteiger partial charge in [0, 0.05) is 6.54 Å². The minimum atomic E-state index is -0.770. The van der Waals surface area contributed by atoms with Gasteiger partial charge in [-0.3, -0.25) is 4.79 Å². The van der Waals surface area contributed by atoms with Crippen molar-refractivity contribution in [1.29, 1.82) is 0 Å². The maximum absolute atomic E-state index is 11.3. The third-order valence-corrected chi connectivity index (χ3v) is 3.66. The fraction of sp³-hybridized carbons (Fsp3) is 0.316. The van der Waals surface area contributed by atoms with Crippen LogP contribution >= 0.6 is 0 Å². The molecule has 2 rings (SSSR count). The number of aliphatic hydroxyl groups is 1. The first kappa shape index (κ1) is 17.8. The fourth-order valence-electron chi connectivity index (χ4n) is 2.41. The van der Waals surface area contributed by atoms with Crippen molar-refractivity contribution in [3.05, 3.63) is 59.7 Å². The molecule has 0 saturated heterocycles. The number of hydrogen-bond acceptors (Lipinski definition) is 4. The molecular formula is C19H23NO4. The zero-order valence-electron chi connectivity index (χ0n) is 14.0. The van der Waals surface area contributed by atoms with Gasteiger partial charge in [0.25, 0.3) is 0 Å². The molecular weight excluding hydrogens is 306 g/mol. The molecule has 128 valence electrons. The highest BCUT2D eigenvalue weighted by atomic mass is 16.5. The molecule has 0 fully saturated rings. The first-order valence-corrected chi connectivity index (χ1v) is 7.89. The third-order valence-electron chi connectivity index (χ3n) is 3.66. The van der Waals surface area contributed by atoms with Crippen molar-refractivity contribution in [3.63, 3.8) is 0 Å². The quantitative estimate of drug-likeness (QED) is 0.719. The lowest BCUT2D eigenvalue weighted by atomic mass is 10.1. The van der Waals surface area contributed by atoms with Crippen LogP contribution in [0.25, 0.3) is 0 Å². The van der Waals surface area contributed by atoms with Gasteiger partial charge in [0.15, 0.2) is 0 Å². The second-order valence-corrected chi connectivity index (χ2v) is 5.40. The molecule has 1 atom stereocenters. The number of carbonyl (C=O) groups excluding carboxylic acids is 1. The third kappa shape index (κ3) is 4.99. The lowest BCUT2D eigenvalue weighted by Gasteiger charge is -2.21. The van der Waals surface area contributed by atoms with E-state index in [1.54, 1.807) is 18.1 Å². The van der Waals surface area contributed by atoms with Gasteiger partial charge in [-0.05, 0) is 42.3 Å². The minimum absolute atomic E-state index is 0.212. The monoisotopic (exact) mass is 329 g/mol. The van der Waals surface area contributed by atoms with Gasteiger partial charge in [-0.25, -0.2) is 0 Å². The van der Waals surface area contributed by atoms with Gasteiger partial charge in [-0.15, -0.1) is 0 Å². The summed E-state index contributed by atoms with van der Waals surface area (Å²) in [5.41, 5.74) is 1.69. The van der Waals surface area contributed by atoms with Crippen molar-refractivity contribution in [3.8, 4) is 11.5 Å². The Morgan fingerprint density at radius 1 is 1.17 bits per heavy atom. The first-order chi connectivity index (χ1) is 11.7. The Morgan fingerprint density at radius 3 is 2.54 bits per heavy atom. The summed E-state index contributed by atoms with van der Waals surface area (Å²) >= 11 is 0. The maximum atomic E-state index is 11.3. The molecule has 0 aromatic heterocycles. The number of amides is 1. The van der Waals surface area contributed by atoms with Gasteiger partial charge in [0.05, 0.1) is 26.4 Å². The summed E-state index contributed by atoms with van der Waals surface area (Å²) < 4.78 is 10.6.